The summed E-state index contributed by atoms with van der Waals surface area (Å²) in [6, 6.07) is 0.920. The molecular weight excluding hydrogens is 302 g/mol. The fourth-order valence-electron chi connectivity index (χ4n) is 4.27. The van der Waals surface area contributed by atoms with E-state index in [1.807, 2.05) is 4.68 Å². The lowest BCUT2D eigenvalue weighted by Gasteiger charge is -2.29. The van der Waals surface area contributed by atoms with Crippen molar-refractivity contribution in [3.63, 3.8) is 0 Å². The zero-order valence-electron chi connectivity index (χ0n) is 15.1. The van der Waals surface area contributed by atoms with Gasteiger partial charge in [0, 0.05) is 44.8 Å². The second-order valence-corrected chi connectivity index (χ2v) is 7.62. The lowest BCUT2D eigenvalue weighted by Crippen LogP contribution is -2.38. The van der Waals surface area contributed by atoms with Gasteiger partial charge in [-0.05, 0) is 45.2 Å². The third kappa shape index (κ3) is 3.46. The maximum Gasteiger partial charge on any atom is 0.131 e. The molecule has 1 aliphatic carbocycles. The number of ether oxygens (including phenoxy) is 1. The molecule has 2 aliphatic heterocycles. The van der Waals surface area contributed by atoms with Crippen molar-refractivity contribution in [2.24, 2.45) is 13.0 Å². The summed E-state index contributed by atoms with van der Waals surface area (Å²) in [5, 5.41) is 8.39. The molecule has 0 aromatic carbocycles. The van der Waals surface area contributed by atoms with E-state index in [2.05, 4.69) is 34.2 Å². The largest absolute Gasteiger partial charge is 0.378 e. The summed E-state index contributed by atoms with van der Waals surface area (Å²) in [5.41, 5.74) is 2.51. The van der Waals surface area contributed by atoms with Gasteiger partial charge >= 0.3 is 0 Å². The van der Waals surface area contributed by atoms with Crippen LogP contribution in [-0.4, -0.2) is 66.7 Å². The second kappa shape index (κ2) is 7.02. The van der Waals surface area contributed by atoms with Crippen LogP contribution in [0.1, 0.15) is 30.5 Å². The van der Waals surface area contributed by atoms with Crippen LogP contribution in [0.5, 0.6) is 0 Å². The van der Waals surface area contributed by atoms with Gasteiger partial charge in [0.05, 0.1) is 18.9 Å². The second-order valence-electron chi connectivity index (χ2n) is 7.62. The first-order valence-electron chi connectivity index (χ1n) is 9.52. The molecule has 24 heavy (non-hydrogen) atoms. The highest BCUT2D eigenvalue weighted by molar-refractivity contribution is 5.50. The van der Waals surface area contributed by atoms with Crippen molar-refractivity contribution in [2.45, 2.75) is 38.8 Å². The summed E-state index contributed by atoms with van der Waals surface area (Å²) in [4.78, 5) is 5.12. The van der Waals surface area contributed by atoms with Gasteiger partial charge in [-0.2, -0.15) is 5.10 Å². The molecule has 0 bridgehead atoms. The van der Waals surface area contributed by atoms with Crippen molar-refractivity contribution >= 4 is 5.82 Å². The first kappa shape index (κ1) is 16.4. The Morgan fingerprint density at radius 1 is 1.17 bits per heavy atom. The normalized spacial score (nSPS) is 25.6. The molecule has 4 rings (SSSR count). The number of aryl methyl sites for hydroxylation is 2. The summed E-state index contributed by atoms with van der Waals surface area (Å²) < 4.78 is 7.54. The molecule has 0 radical (unpaired) electrons. The average Bonchev–Trinajstić information content (AvgIpc) is 3.26. The molecule has 6 nitrogen and oxygen atoms in total. The third-order valence-electron chi connectivity index (χ3n) is 5.74. The Labute approximate surface area is 145 Å². The molecule has 2 saturated heterocycles. The topological polar surface area (TPSA) is 45.6 Å². The molecule has 0 spiro atoms. The van der Waals surface area contributed by atoms with Crippen molar-refractivity contribution in [1.29, 1.82) is 0 Å². The zero-order chi connectivity index (χ0) is 16.5. The zero-order valence-corrected chi connectivity index (χ0v) is 15.1. The van der Waals surface area contributed by atoms with Crippen LogP contribution in [0.3, 0.4) is 0 Å². The highest BCUT2D eigenvalue weighted by Crippen LogP contribution is 2.31. The van der Waals surface area contributed by atoms with Gasteiger partial charge in [-0.25, -0.2) is 0 Å². The Hall–Kier alpha value is -1.11. The molecule has 0 unspecified atom stereocenters. The van der Waals surface area contributed by atoms with Crippen molar-refractivity contribution in [3.8, 4) is 0 Å². The van der Waals surface area contributed by atoms with Crippen LogP contribution >= 0.6 is 0 Å². The monoisotopic (exact) mass is 333 g/mol. The maximum atomic E-state index is 5.50. The van der Waals surface area contributed by atoms with Gasteiger partial charge in [0.2, 0.25) is 0 Å². The number of anilines is 1. The average molecular weight is 333 g/mol. The van der Waals surface area contributed by atoms with E-state index in [1.54, 1.807) is 0 Å². The summed E-state index contributed by atoms with van der Waals surface area (Å²) in [6.07, 6.45) is 4.21. The fourth-order valence-corrected chi connectivity index (χ4v) is 4.27. The van der Waals surface area contributed by atoms with E-state index in [1.165, 1.54) is 43.7 Å². The maximum absolute atomic E-state index is 5.50. The Balaban J connectivity index is 1.34. The summed E-state index contributed by atoms with van der Waals surface area (Å²) in [5.74, 6) is 2.09. The molecule has 1 N–H and O–H groups in total. The highest BCUT2D eigenvalue weighted by atomic mass is 16.5. The number of hydrogen-bond acceptors (Lipinski definition) is 5. The lowest BCUT2D eigenvalue weighted by molar-refractivity contribution is 0.122. The summed E-state index contributed by atoms with van der Waals surface area (Å²) in [7, 11) is 2.06. The van der Waals surface area contributed by atoms with Gasteiger partial charge < -0.3 is 19.9 Å². The molecule has 3 heterocycles. The van der Waals surface area contributed by atoms with Gasteiger partial charge in [0.25, 0.3) is 0 Å². The Bertz CT molecular complexity index is 562. The van der Waals surface area contributed by atoms with Gasteiger partial charge in [-0.3, -0.25) is 4.68 Å². The quantitative estimate of drug-likeness (QED) is 0.846. The Kier molecular flexibility index (Phi) is 4.79. The summed E-state index contributed by atoms with van der Waals surface area (Å²) in [6.45, 7) is 10.3. The van der Waals surface area contributed by atoms with E-state index in [4.69, 9.17) is 4.74 Å². The third-order valence-corrected chi connectivity index (χ3v) is 5.74. The molecule has 1 aromatic heterocycles. The van der Waals surface area contributed by atoms with Crippen LogP contribution in [0, 0.1) is 12.8 Å². The van der Waals surface area contributed by atoms with E-state index in [-0.39, 0.29) is 0 Å². The van der Waals surface area contributed by atoms with E-state index >= 15 is 0 Å². The van der Waals surface area contributed by atoms with Gasteiger partial charge in [0.15, 0.2) is 0 Å². The van der Waals surface area contributed by atoms with Gasteiger partial charge in [-0.1, -0.05) is 0 Å². The number of morpholine rings is 1. The molecule has 1 aromatic rings. The van der Waals surface area contributed by atoms with Crippen LogP contribution in [0.4, 0.5) is 5.82 Å². The molecule has 0 amide bonds. The Morgan fingerprint density at radius 3 is 2.71 bits per heavy atom. The Morgan fingerprint density at radius 2 is 1.96 bits per heavy atom. The molecule has 3 aliphatic rings. The number of hydrogen-bond donors (Lipinski definition) is 1. The lowest BCUT2D eigenvalue weighted by atomic mass is 10.1. The first-order chi connectivity index (χ1) is 11.7. The van der Waals surface area contributed by atoms with Crippen LogP contribution in [0.2, 0.25) is 0 Å². The molecule has 6 heteroatoms. The smallest absolute Gasteiger partial charge is 0.131 e. The molecular formula is C18H31N5O. The van der Waals surface area contributed by atoms with Crippen molar-refractivity contribution in [1.82, 2.24) is 20.0 Å². The van der Waals surface area contributed by atoms with Crippen LogP contribution in [0.25, 0.3) is 0 Å². The van der Waals surface area contributed by atoms with E-state index in [0.29, 0.717) is 0 Å². The predicted molar refractivity (Wildman–Crippen MR) is 95.4 cm³/mol. The number of rotatable bonds is 6. The van der Waals surface area contributed by atoms with Gasteiger partial charge in [-0.15, -0.1) is 0 Å². The fraction of sp³-hybridized carbons (Fsp3) is 0.833. The van der Waals surface area contributed by atoms with Crippen LogP contribution < -0.4 is 10.2 Å². The molecule has 134 valence electrons. The number of nitrogens with zero attached hydrogens (tertiary/aromatic N) is 4. The summed E-state index contributed by atoms with van der Waals surface area (Å²) >= 11 is 0. The van der Waals surface area contributed by atoms with E-state index < -0.39 is 0 Å². The van der Waals surface area contributed by atoms with Gasteiger partial charge in [0.1, 0.15) is 5.82 Å². The molecule has 1 atom stereocenters. The standard InChI is InChI=1S/C18H31N5O/c1-14-17(18(21(2)20-14)22-7-9-24-10-8-22)12-19-11-15-5-6-23(13-15)16-3-4-16/h15-16,19H,3-13H2,1-2H3/t15-/m1/s1. The van der Waals surface area contributed by atoms with Crippen LogP contribution in [-0.2, 0) is 18.3 Å². The van der Waals surface area contributed by atoms with E-state index in [0.717, 1.165) is 57.0 Å². The molecule has 1 saturated carbocycles. The van der Waals surface area contributed by atoms with Crippen molar-refractivity contribution < 1.29 is 4.74 Å². The molecule has 3 fully saturated rings. The minimum absolute atomic E-state index is 0.814. The number of likely N-dealkylation sites (tertiary alicyclic amines) is 1. The van der Waals surface area contributed by atoms with Crippen LogP contribution in [0.15, 0.2) is 0 Å². The predicted octanol–water partition coefficient (Wildman–Crippen LogP) is 1.14. The minimum atomic E-state index is 0.814. The minimum Gasteiger partial charge on any atom is -0.378 e. The number of aromatic nitrogens is 2. The SMILES string of the molecule is Cc1nn(C)c(N2CCOCC2)c1CNC[C@H]1CCN(C2CC2)C1. The number of nitrogens with one attached hydrogen (secondary N) is 1. The van der Waals surface area contributed by atoms with E-state index in [9.17, 15) is 0 Å². The van der Waals surface area contributed by atoms with Crippen molar-refractivity contribution in [2.75, 3.05) is 50.8 Å². The first-order valence-corrected chi connectivity index (χ1v) is 9.52. The highest BCUT2D eigenvalue weighted by Gasteiger charge is 2.34. The van der Waals surface area contributed by atoms with Crippen molar-refractivity contribution in [3.05, 3.63) is 11.3 Å².